The normalized spacial score (nSPS) is 19.6. The minimum absolute atomic E-state index is 0. The maximum atomic E-state index is 11.9. The molecule has 0 spiro atoms. The predicted octanol–water partition coefficient (Wildman–Crippen LogP) is 2.58. The predicted molar refractivity (Wildman–Crippen MR) is 86.9 cm³/mol. The van der Waals surface area contributed by atoms with Crippen LogP contribution < -0.4 is 10.6 Å². The highest BCUT2D eigenvalue weighted by Crippen LogP contribution is 2.13. The SMILES string of the molecule is CC(Cc1cccc(Br)c1)NC(=O)C1CSCN1.Cl. The van der Waals surface area contributed by atoms with E-state index >= 15 is 0 Å². The third-order valence-electron chi connectivity index (χ3n) is 2.85. The Labute approximate surface area is 132 Å². The Kier molecular flexibility index (Phi) is 7.21. The van der Waals surface area contributed by atoms with Crippen LogP contribution in [0.3, 0.4) is 0 Å². The monoisotopic (exact) mass is 364 g/mol. The van der Waals surface area contributed by atoms with Gasteiger partial charge in [0.15, 0.2) is 0 Å². The van der Waals surface area contributed by atoms with Crippen LogP contribution in [0.1, 0.15) is 12.5 Å². The van der Waals surface area contributed by atoms with Crippen LogP contribution >= 0.6 is 40.1 Å². The highest BCUT2D eigenvalue weighted by molar-refractivity contribution is 9.10. The van der Waals surface area contributed by atoms with Gasteiger partial charge in [0.1, 0.15) is 0 Å². The second-order valence-electron chi connectivity index (χ2n) is 4.52. The van der Waals surface area contributed by atoms with Crippen LogP contribution in [0.5, 0.6) is 0 Å². The van der Waals surface area contributed by atoms with Crippen molar-refractivity contribution in [2.45, 2.75) is 25.4 Å². The molecule has 1 fully saturated rings. The Morgan fingerprint density at radius 2 is 2.42 bits per heavy atom. The zero-order valence-corrected chi connectivity index (χ0v) is 13.9. The number of amides is 1. The van der Waals surface area contributed by atoms with Gasteiger partial charge in [-0.05, 0) is 31.0 Å². The van der Waals surface area contributed by atoms with E-state index in [0.29, 0.717) is 0 Å². The second kappa shape index (κ2) is 8.15. The maximum Gasteiger partial charge on any atom is 0.238 e. The second-order valence-corrected chi connectivity index (χ2v) is 6.46. The van der Waals surface area contributed by atoms with Crippen molar-refractivity contribution in [3.63, 3.8) is 0 Å². The van der Waals surface area contributed by atoms with Gasteiger partial charge in [-0.1, -0.05) is 28.1 Å². The maximum absolute atomic E-state index is 11.9. The Morgan fingerprint density at radius 3 is 3.05 bits per heavy atom. The number of halogens is 2. The number of hydrogen-bond acceptors (Lipinski definition) is 3. The first-order valence-electron chi connectivity index (χ1n) is 6.01. The molecular weight excluding hydrogens is 348 g/mol. The van der Waals surface area contributed by atoms with Crippen LogP contribution in [0.2, 0.25) is 0 Å². The lowest BCUT2D eigenvalue weighted by Gasteiger charge is -2.17. The van der Waals surface area contributed by atoms with Crippen LogP contribution in [0.25, 0.3) is 0 Å². The summed E-state index contributed by atoms with van der Waals surface area (Å²) in [5.74, 6) is 1.86. The Balaban J connectivity index is 0.00000180. The van der Waals surface area contributed by atoms with E-state index in [2.05, 4.69) is 38.7 Å². The van der Waals surface area contributed by atoms with Gasteiger partial charge < -0.3 is 5.32 Å². The van der Waals surface area contributed by atoms with Crippen LogP contribution in [0, 0.1) is 0 Å². The summed E-state index contributed by atoms with van der Waals surface area (Å²) in [5, 5.41) is 6.24. The fourth-order valence-electron chi connectivity index (χ4n) is 1.98. The number of thioether (sulfide) groups is 1. The minimum atomic E-state index is -0.0278. The van der Waals surface area contributed by atoms with Crippen molar-refractivity contribution in [3.05, 3.63) is 34.3 Å². The first-order valence-corrected chi connectivity index (χ1v) is 7.96. The first-order chi connectivity index (χ1) is 8.65. The smallest absolute Gasteiger partial charge is 0.238 e. The third-order valence-corrected chi connectivity index (χ3v) is 4.29. The highest BCUT2D eigenvalue weighted by atomic mass is 79.9. The fourth-order valence-corrected chi connectivity index (χ4v) is 3.36. The van der Waals surface area contributed by atoms with Gasteiger partial charge in [0, 0.05) is 22.1 Å². The molecule has 1 aliphatic rings. The van der Waals surface area contributed by atoms with Gasteiger partial charge in [0.25, 0.3) is 0 Å². The van der Waals surface area contributed by atoms with E-state index in [-0.39, 0.29) is 30.4 Å². The summed E-state index contributed by atoms with van der Waals surface area (Å²) in [6, 6.07) is 8.32. The zero-order valence-electron chi connectivity index (χ0n) is 10.7. The van der Waals surface area contributed by atoms with Crippen molar-refractivity contribution in [2.24, 2.45) is 0 Å². The first kappa shape index (κ1) is 16.8. The molecule has 1 saturated heterocycles. The lowest BCUT2D eigenvalue weighted by Crippen LogP contribution is -2.46. The van der Waals surface area contributed by atoms with Gasteiger partial charge in [-0.25, -0.2) is 0 Å². The van der Waals surface area contributed by atoms with Crippen molar-refractivity contribution < 1.29 is 4.79 Å². The van der Waals surface area contributed by atoms with Crippen molar-refractivity contribution in [3.8, 4) is 0 Å². The van der Waals surface area contributed by atoms with E-state index in [1.54, 1.807) is 11.8 Å². The standard InChI is InChI=1S/C13H17BrN2OS.ClH/c1-9(5-10-3-2-4-11(14)6-10)16-13(17)12-7-18-8-15-12;/h2-4,6,9,12,15H,5,7-8H2,1H3,(H,16,17);1H. The molecule has 1 amide bonds. The average molecular weight is 366 g/mol. The zero-order chi connectivity index (χ0) is 13.0. The van der Waals surface area contributed by atoms with Crippen LogP contribution in [0.15, 0.2) is 28.7 Å². The lowest BCUT2D eigenvalue weighted by molar-refractivity contribution is -0.123. The molecule has 0 radical (unpaired) electrons. The number of hydrogen-bond donors (Lipinski definition) is 2. The molecule has 1 aromatic rings. The summed E-state index contributed by atoms with van der Waals surface area (Å²) in [5.41, 5.74) is 1.23. The molecule has 2 N–H and O–H groups in total. The van der Waals surface area contributed by atoms with Gasteiger partial charge in [0.2, 0.25) is 5.91 Å². The van der Waals surface area contributed by atoms with Gasteiger partial charge in [-0.2, -0.15) is 0 Å². The summed E-state index contributed by atoms with van der Waals surface area (Å²) in [6.07, 6.45) is 0.852. The largest absolute Gasteiger partial charge is 0.352 e. The minimum Gasteiger partial charge on any atom is -0.352 e. The Hall–Kier alpha value is -0.230. The fraction of sp³-hybridized carbons (Fsp3) is 0.462. The summed E-state index contributed by atoms with van der Waals surface area (Å²) in [7, 11) is 0. The molecular formula is C13H18BrClN2OS. The van der Waals surface area contributed by atoms with E-state index in [0.717, 1.165) is 22.5 Å². The Morgan fingerprint density at radius 1 is 1.63 bits per heavy atom. The molecule has 2 unspecified atom stereocenters. The molecule has 0 aliphatic carbocycles. The molecule has 1 aromatic carbocycles. The molecule has 2 rings (SSSR count). The van der Waals surface area contributed by atoms with Crippen molar-refractivity contribution in [1.82, 2.24) is 10.6 Å². The number of rotatable bonds is 4. The van der Waals surface area contributed by atoms with E-state index in [4.69, 9.17) is 0 Å². The molecule has 106 valence electrons. The number of carbonyl (C=O) groups excluding carboxylic acids is 1. The summed E-state index contributed by atoms with van der Waals surface area (Å²) in [4.78, 5) is 11.9. The van der Waals surface area contributed by atoms with Gasteiger partial charge in [0.05, 0.1) is 6.04 Å². The van der Waals surface area contributed by atoms with Crippen LogP contribution in [-0.4, -0.2) is 29.6 Å². The van der Waals surface area contributed by atoms with Crippen LogP contribution in [0.4, 0.5) is 0 Å². The quantitative estimate of drug-likeness (QED) is 0.861. The molecule has 3 nitrogen and oxygen atoms in total. The number of carbonyl (C=O) groups is 1. The van der Waals surface area contributed by atoms with E-state index in [1.807, 2.05) is 19.1 Å². The molecule has 19 heavy (non-hydrogen) atoms. The Bertz CT molecular complexity index is 427. The lowest BCUT2D eigenvalue weighted by atomic mass is 10.1. The van der Waals surface area contributed by atoms with Crippen molar-refractivity contribution >= 4 is 46.0 Å². The van der Waals surface area contributed by atoms with E-state index in [9.17, 15) is 4.79 Å². The van der Waals surface area contributed by atoms with Gasteiger partial charge in [-0.3, -0.25) is 10.1 Å². The van der Waals surface area contributed by atoms with E-state index < -0.39 is 0 Å². The molecule has 1 heterocycles. The molecule has 6 heteroatoms. The highest BCUT2D eigenvalue weighted by Gasteiger charge is 2.23. The topological polar surface area (TPSA) is 41.1 Å². The van der Waals surface area contributed by atoms with Gasteiger partial charge in [-0.15, -0.1) is 24.2 Å². The van der Waals surface area contributed by atoms with Crippen LogP contribution in [-0.2, 0) is 11.2 Å². The molecule has 2 atom stereocenters. The summed E-state index contributed by atoms with van der Waals surface area (Å²) < 4.78 is 1.08. The third kappa shape index (κ3) is 5.34. The molecule has 0 saturated carbocycles. The van der Waals surface area contributed by atoms with Crippen molar-refractivity contribution in [1.29, 1.82) is 0 Å². The average Bonchev–Trinajstić information content (AvgIpc) is 2.81. The summed E-state index contributed by atoms with van der Waals surface area (Å²) in [6.45, 7) is 2.04. The molecule has 1 aliphatic heterocycles. The van der Waals surface area contributed by atoms with Gasteiger partial charge >= 0.3 is 0 Å². The molecule has 0 bridgehead atoms. The number of benzene rings is 1. The van der Waals surface area contributed by atoms with Crippen molar-refractivity contribution in [2.75, 3.05) is 11.6 Å². The van der Waals surface area contributed by atoms with E-state index in [1.165, 1.54) is 5.56 Å². The number of nitrogens with one attached hydrogen (secondary N) is 2. The molecule has 0 aromatic heterocycles. The summed E-state index contributed by atoms with van der Waals surface area (Å²) >= 11 is 5.22.